The summed E-state index contributed by atoms with van der Waals surface area (Å²) in [5.41, 5.74) is 7.06. The third-order valence-corrected chi connectivity index (χ3v) is 3.06. The van der Waals surface area contributed by atoms with Gasteiger partial charge in [0.25, 0.3) is 0 Å². The molecule has 0 bridgehead atoms. The zero-order valence-electron chi connectivity index (χ0n) is 8.69. The van der Waals surface area contributed by atoms with Gasteiger partial charge in [-0.2, -0.15) is 5.10 Å². The quantitative estimate of drug-likeness (QED) is 0.920. The van der Waals surface area contributed by atoms with E-state index in [9.17, 15) is 4.39 Å². The summed E-state index contributed by atoms with van der Waals surface area (Å²) in [4.78, 5) is 0. The topological polar surface area (TPSA) is 43.8 Å². The molecule has 2 aromatic rings. The number of nitrogens with zero attached hydrogens (tertiary/aromatic N) is 2. The number of aryl methyl sites for hydroxylation is 1. The van der Waals surface area contributed by atoms with Gasteiger partial charge in [-0.15, -0.1) is 0 Å². The maximum absolute atomic E-state index is 13.6. The van der Waals surface area contributed by atoms with Gasteiger partial charge in [-0.1, -0.05) is 22.0 Å². The van der Waals surface area contributed by atoms with Crippen LogP contribution in [0.25, 0.3) is 0 Å². The molecule has 0 saturated carbocycles. The summed E-state index contributed by atoms with van der Waals surface area (Å²) in [6.07, 6.45) is 1.78. The van der Waals surface area contributed by atoms with Crippen molar-refractivity contribution < 1.29 is 4.39 Å². The molecule has 16 heavy (non-hydrogen) atoms. The minimum Gasteiger partial charge on any atom is -0.319 e. The van der Waals surface area contributed by atoms with Crippen molar-refractivity contribution in [1.29, 1.82) is 0 Å². The predicted molar refractivity (Wildman–Crippen MR) is 63.3 cm³/mol. The van der Waals surface area contributed by atoms with Crippen molar-refractivity contribution in [1.82, 2.24) is 9.78 Å². The van der Waals surface area contributed by atoms with E-state index in [0.717, 1.165) is 0 Å². The Kier molecular flexibility index (Phi) is 3.07. The smallest absolute Gasteiger partial charge is 0.129 e. The molecule has 0 aliphatic carbocycles. The number of benzene rings is 1. The Labute approximate surface area is 101 Å². The lowest BCUT2D eigenvalue weighted by Crippen LogP contribution is -2.15. The standard InChI is InChI=1S/C11H11BrFN3/c1-16-6-5-9(15-16)11(14)10-7(12)3-2-4-8(10)13/h2-6,11H,14H2,1H3. The van der Waals surface area contributed by atoms with Crippen molar-refractivity contribution in [2.24, 2.45) is 12.8 Å². The second kappa shape index (κ2) is 4.35. The molecule has 0 amide bonds. The Balaban J connectivity index is 2.45. The first kappa shape index (κ1) is 11.3. The monoisotopic (exact) mass is 283 g/mol. The Morgan fingerprint density at radius 2 is 2.19 bits per heavy atom. The highest BCUT2D eigenvalue weighted by Gasteiger charge is 2.18. The average molecular weight is 284 g/mol. The van der Waals surface area contributed by atoms with Gasteiger partial charge in [0.2, 0.25) is 0 Å². The molecule has 0 aliphatic rings. The van der Waals surface area contributed by atoms with Crippen LogP contribution in [0.3, 0.4) is 0 Å². The van der Waals surface area contributed by atoms with Gasteiger partial charge in [-0.25, -0.2) is 4.39 Å². The van der Waals surface area contributed by atoms with Crippen LogP contribution in [0.2, 0.25) is 0 Å². The van der Waals surface area contributed by atoms with Crippen molar-refractivity contribution in [3.05, 3.63) is 52.0 Å². The highest BCUT2D eigenvalue weighted by Crippen LogP contribution is 2.28. The summed E-state index contributed by atoms with van der Waals surface area (Å²) in [6.45, 7) is 0. The fraction of sp³-hybridized carbons (Fsp3) is 0.182. The first-order chi connectivity index (χ1) is 7.59. The number of nitrogens with two attached hydrogens (primary N) is 1. The molecule has 1 heterocycles. The van der Waals surface area contributed by atoms with E-state index in [4.69, 9.17) is 5.73 Å². The van der Waals surface area contributed by atoms with Crippen molar-refractivity contribution in [2.75, 3.05) is 0 Å². The van der Waals surface area contributed by atoms with E-state index in [-0.39, 0.29) is 5.82 Å². The molecule has 1 aromatic carbocycles. The van der Waals surface area contributed by atoms with Gasteiger partial charge in [-0.05, 0) is 18.2 Å². The van der Waals surface area contributed by atoms with Crippen LogP contribution in [0, 0.1) is 5.82 Å². The summed E-state index contributed by atoms with van der Waals surface area (Å²) < 4.78 is 15.9. The third-order valence-electron chi connectivity index (χ3n) is 2.36. The first-order valence-electron chi connectivity index (χ1n) is 4.78. The van der Waals surface area contributed by atoms with E-state index in [1.54, 1.807) is 36.1 Å². The molecule has 3 nitrogen and oxygen atoms in total. The van der Waals surface area contributed by atoms with Gasteiger partial charge in [0.15, 0.2) is 0 Å². The average Bonchev–Trinajstić information content (AvgIpc) is 2.64. The van der Waals surface area contributed by atoms with E-state index in [0.29, 0.717) is 15.7 Å². The predicted octanol–water partition coefficient (Wildman–Crippen LogP) is 2.37. The number of aromatic nitrogens is 2. The minimum absolute atomic E-state index is 0.326. The van der Waals surface area contributed by atoms with Crippen LogP contribution >= 0.6 is 15.9 Å². The maximum atomic E-state index is 13.6. The molecule has 2 N–H and O–H groups in total. The Bertz CT molecular complexity index is 489. The summed E-state index contributed by atoms with van der Waals surface area (Å²) >= 11 is 3.30. The van der Waals surface area contributed by atoms with E-state index < -0.39 is 6.04 Å². The fourth-order valence-corrected chi connectivity index (χ4v) is 2.14. The second-order valence-electron chi connectivity index (χ2n) is 3.53. The third kappa shape index (κ3) is 2.01. The van der Waals surface area contributed by atoms with Gasteiger partial charge in [0.1, 0.15) is 5.82 Å². The zero-order valence-corrected chi connectivity index (χ0v) is 10.3. The van der Waals surface area contributed by atoms with Crippen LogP contribution < -0.4 is 5.73 Å². The van der Waals surface area contributed by atoms with Gasteiger partial charge >= 0.3 is 0 Å². The normalized spacial score (nSPS) is 12.8. The molecular weight excluding hydrogens is 273 g/mol. The molecule has 84 valence electrons. The number of halogens is 2. The van der Waals surface area contributed by atoms with E-state index >= 15 is 0 Å². The highest BCUT2D eigenvalue weighted by atomic mass is 79.9. The van der Waals surface area contributed by atoms with Crippen LogP contribution in [0.1, 0.15) is 17.3 Å². The molecule has 1 atom stereocenters. The van der Waals surface area contributed by atoms with Crippen LogP contribution in [0.4, 0.5) is 4.39 Å². The molecule has 0 aliphatic heterocycles. The molecule has 1 aromatic heterocycles. The van der Waals surface area contributed by atoms with Crippen molar-refractivity contribution in [2.45, 2.75) is 6.04 Å². The lowest BCUT2D eigenvalue weighted by atomic mass is 10.0. The largest absolute Gasteiger partial charge is 0.319 e. The van der Waals surface area contributed by atoms with Crippen molar-refractivity contribution >= 4 is 15.9 Å². The number of hydrogen-bond donors (Lipinski definition) is 1. The summed E-state index contributed by atoms with van der Waals surface area (Å²) in [5, 5.41) is 4.17. The Hall–Kier alpha value is -1.20. The van der Waals surface area contributed by atoms with E-state index in [1.165, 1.54) is 6.07 Å². The molecular formula is C11H11BrFN3. The summed E-state index contributed by atoms with van der Waals surface area (Å²) in [6, 6.07) is 6.01. The van der Waals surface area contributed by atoms with Gasteiger partial charge in [0, 0.05) is 23.3 Å². The summed E-state index contributed by atoms with van der Waals surface area (Å²) in [7, 11) is 1.80. The first-order valence-corrected chi connectivity index (χ1v) is 5.58. The van der Waals surface area contributed by atoms with Crippen LogP contribution in [0.5, 0.6) is 0 Å². The Morgan fingerprint density at radius 3 is 2.75 bits per heavy atom. The molecule has 1 unspecified atom stereocenters. The van der Waals surface area contributed by atoms with Gasteiger partial charge in [-0.3, -0.25) is 4.68 Å². The van der Waals surface area contributed by atoms with Gasteiger partial charge in [0.05, 0.1) is 11.7 Å². The molecule has 5 heteroatoms. The second-order valence-corrected chi connectivity index (χ2v) is 4.38. The van der Waals surface area contributed by atoms with Crippen LogP contribution in [-0.4, -0.2) is 9.78 Å². The SMILES string of the molecule is Cn1ccc(C(N)c2c(F)cccc2Br)n1. The van der Waals surface area contributed by atoms with Gasteiger partial charge < -0.3 is 5.73 Å². The number of hydrogen-bond acceptors (Lipinski definition) is 2. The van der Waals surface area contributed by atoms with Crippen LogP contribution in [-0.2, 0) is 7.05 Å². The minimum atomic E-state index is -0.559. The van der Waals surface area contributed by atoms with E-state index in [2.05, 4.69) is 21.0 Å². The molecule has 0 radical (unpaired) electrons. The molecule has 0 fully saturated rings. The van der Waals surface area contributed by atoms with Crippen LogP contribution in [0.15, 0.2) is 34.9 Å². The van der Waals surface area contributed by atoms with Crippen molar-refractivity contribution in [3.63, 3.8) is 0 Å². The lowest BCUT2D eigenvalue weighted by molar-refractivity contribution is 0.592. The molecule has 2 rings (SSSR count). The van der Waals surface area contributed by atoms with E-state index in [1.807, 2.05) is 0 Å². The fourth-order valence-electron chi connectivity index (χ4n) is 1.55. The Morgan fingerprint density at radius 1 is 1.44 bits per heavy atom. The van der Waals surface area contributed by atoms with Crippen molar-refractivity contribution in [3.8, 4) is 0 Å². The molecule has 0 spiro atoms. The summed E-state index contributed by atoms with van der Waals surface area (Å²) in [5.74, 6) is -0.326. The molecule has 0 saturated heterocycles. The number of rotatable bonds is 2. The maximum Gasteiger partial charge on any atom is 0.129 e. The zero-order chi connectivity index (χ0) is 11.7. The highest BCUT2D eigenvalue weighted by molar-refractivity contribution is 9.10. The lowest BCUT2D eigenvalue weighted by Gasteiger charge is -2.12.